The summed E-state index contributed by atoms with van der Waals surface area (Å²) < 4.78 is 0. The number of carbonyl (C=O) groups is 2. The fourth-order valence-corrected chi connectivity index (χ4v) is 5.63. The summed E-state index contributed by atoms with van der Waals surface area (Å²) in [5.41, 5.74) is 0.474. The van der Waals surface area contributed by atoms with Gasteiger partial charge in [0.2, 0.25) is 0 Å². The van der Waals surface area contributed by atoms with Gasteiger partial charge >= 0.3 is 0 Å². The zero-order valence-electron chi connectivity index (χ0n) is 14.9. The molecule has 2 aromatic rings. The molecule has 0 aromatic heterocycles. The lowest BCUT2D eigenvalue weighted by Crippen LogP contribution is -2.35. The van der Waals surface area contributed by atoms with E-state index < -0.39 is 17.4 Å². The molecule has 0 radical (unpaired) electrons. The van der Waals surface area contributed by atoms with Gasteiger partial charge in [-0.2, -0.15) is 0 Å². The smallest absolute Gasteiger partial charge is 0.167 e. The van der Waals surface area contributed by atoms with Crippen LogP contribution in [0.2, 0.25) is 0 Å². The van der Waals surface area contributed by atoms with Crippen LogP contribution in [0.25, 0.3) is 0 Å². The molecule has 4 atom stereocenters. The number of hydrogen-bond acceptors (Lipinski definition) is 5. The minimum atomic E-state index is -0.890. The van der Waals surface area contributed by atoms with E-state index in [1.165, 1.54) is 0 Å². The van der Waals surface area contributed by atoms with Crippen LogP contribution < -0.4 is 0 Å². The van der Waals surface area contributed by atoms with E-state index in [-0.39, 0.29) is 30.5 Å². The summed E-state index contributed by atoms with van der Waals surface area (Å²) in [5, 5.41) is 20.1. The summed E-state index contributed by atoms with van der Waals surface area (Å²) in [5.74, 6) is 0.103. The number of rotatable bonds is 6. The highest BCUT2D eigenvalue weighted by Gasteiger charge is 2.63. The molecule has 0 heterocycles. The quantitative estimate of drug-likeness (QED) is 0.751. The van der Waals surface area contributed by atoms with Gasteiger partial charge in [0.15, 0.2) is 11.6 Å². The van der Waals surface area contributed by atoms with Gasteiger partial charge in [-0.05, 0) is 24.5 Å². The molecular weight excluding hydrogens is 360 g/mol. The van der Waals surface area contributed by atoms with Gasteiger partial charge in [-0.3, -0.25) is 9.59 Å². The van der Waals surface area contributed by atoms with Gasteiger partial charge in [0.05, 0.1) is 12.7 Å². The average molecular weight is 382 g/mol. The average Bonchev–Trinajstić information content (AvgIpc) is 3.45. The molecule has 0 bridgehead atoms. The van der Waals surface area contributed by atoms with Gasteiger partial charge in [0.25, 0.3) is 0 Å². The Balaban J connectivity index is 1.57. The van der Waals surface area contributed by atoms with Crippen molar-refractivity contribution in [2.45, 2.75) is 23.8 Å². The van der Waals surface area contributed by atoms with E-state index in [1.54, 1.807) is 36.0 Å². The molecule has 1 saturated carbocycles. The molecule has 4 rings (SSSR count). The van der Waals surface area contributed by atoms with E-state index in [0.29, 0.717) is 23.3 Å². The number of aliphatic hydroxyl groups excluding tert-OH is 2. The predicted molar refractivity (Wildman–Crippen MR) is 104 cm³/mol. The summed E-state index contributed by atoms with van der Waals surface area (Å²) in [6, 6.07) is 16.9. The lowest BCUT2D eigenvalue weighted by molar-refractivity contribution is 0.0323. The second-order valence-corrected chi connectivity index (χ2v) is 8.54. The molecule has 0 amide bonds. The normalized spacial score (nSPS) is 27.9. The number of thioether (sulfide) groups is 1. The van der Waals surface area contributed by atoms with E-state index >= 15 is 0 Å². The van der Waals surface area contributed by atoms with Crippen LogP contribution in [0.4, 0.5) is 0 Å². The molecular formula is C22H22O4S. The molecule has 3 unspecified atom stereocenters. The topological polar surface area (TPSA) is 74.6 Å². The third kappa shape index (κ3) is 3.24. The van der Waals surface area contributed by atoms with Gasteiger partial charge < -0.3 is 10.2 Å². The van der Waals surface area contributed by atoms with Crippen molar-refractivity contribution in [3.8, 4) is 0 Å². The van der Waals surface area contributed by atoms with Crippen LogP contribution in [0, 0.1) is 17.3 Å². The summed E-state index contributed by atoms with van der Waals surface area (Å²) in [7, 11) is 0. The first kappa shape index (κ1) is 18.4. The Kier molecular flexibility index (Phi) is 4.93. The predicted octanol–water partition coefficient (Wildman–Crippen LogP) is 3.22. The van der Waals surface area contributed by atoms with Crippen LogP contribution in [0.5, 0.6) is 0 Å². The second kappa shape index (κ2) is 7.23. The van der Waals surface area contributed by atoms with Crippen molar-refractivity contribution in [3.05, 3.63) is 65.7 Å². The summed E-state index contributed by atoms with van der Waals surface area (Å²) >= 11 is 1.62. The van der Waals surface area contributed by atoms with Gasteiger partial charge in [-0.15, -0.1) is 11.8 Å². The largest absolute Gasteiger partial charge is 0.394 e. The zero-order chi connectivity index (χ0) is 19.0. The summed E-state index contributed by atoms with van der Waals surface area (Å²) in [4.78, 5) is 26.6. The molecule has 2 N–H and O–H groups in total. The number of aliphatic hydroxyl groups is 2. The maximum absolute atomic E-state index is 13.0. The molecule has 0 saturated heterocycles. The standard InChI is InChI=1S/C22H22O4S/c23-12-20(25)22(13-27-14-6-2-1-3-7-14)11-18(22)17-10-19(24)15-8-4-5-9-16(15)21(17)26/h1-9,17-18,20,23,25H,10-13H2/t17?,18?,20-,22?/m0/s1. The van der Waals surface area contributed by atoms with Crippen LogP contribution in [0.15, 0.2) is 59.5 Å². The fourth-order valence-electron chi connectivity index (χ4n) is 4.32. The SMILES string of the molecule is O=C1CC(C2CC2(CSc2ccccc2)[C@@H](O)CO)C(=O)c2ccccc21. The number of benzene rings is 2. The van der Waals surface area contributed by atoms with Crippen molar-refractivity contribution in [1.82, 2.24) is 0 Å². The Morgan fingerprint density at radius 1 is 1.04 bits per heavy atom. The molecule has 1 fully saturated rings. The summed E-state index contributed by atoms with van der Waals surface area (Å²) in [6.45, 7) is -0.336. The highest BCUT2D eigenvalue weighted by Crippen LogP contribution is 2.62. The van der Waals surface area contributed by atoms with Crippen molar-refractivity contribution in [2.75, 3.05) is 12.4 Å². The first-order valence-electron chi connectivity index (χ1n) is 9.20. The van der Waals surface area contributed by atoms with E-state index in [4.69, 9.17) is 0 Å². The first-order valence-corrected chi connectivity index (χ1v) is 10.2. The minimum absolute atomic E-state index is 0.00748. The Labute approximate surface area is 162 Å². The van der Waals surface area contributed by atoms with Gasteiger partial charge in [0.1, 0.15) is 0 Å². The minimum Gasteiger partial charge on any atom is -0.394 e. The molecule has 0 aliphatic heterocycles. The number of carbonyl (C=O) groups excluding carboxylic acids is 2. The molecule has 2 aromatic carbocycles. The van der Waals surface area contributed by atoms with Crippen molar-refractivity contribution in [3.63, 3.8) is 0 Å². The van der Waals surface area contributed by atoms with E-state index in [0.717, 1.165) is 4.90 Å². The Hall–Kier alpha value is -1.95. The highest BCUT2D eigenvalue weighted by molar-refractivity contribution is 7.99. The number of fused-ring (bicyclic) bond motifs is 1. The Morgan fingerprint density at radius 2 is 1.70 bits per heavy atom. The molecule has 5 heteroatoms. The molecule has 27 heavy (non-hydrogen) atoms. The maximum atomic E-state index is 13.0. The van der Waals surface area contributed by atoms with E-state index in [1.807, 2.05) is 30.3 Å². The fraction of sp³-hybridized carbons (Fsp3) is 0.364. The lowest BCUT2D eigenvalue weighted by atomic mass is 9.77. The van der Waals surface area contributed by atoms with Crippen molar-refractivity contribution < 1.29 is 19.8 Å². The van der Waals surface area contributed by atoms with Crippen LogP contribution in [0.1, 0.15) is 33.6 Å². The lowest BCUT2D eigenvalue weighted by Gasteiger charge is -2.28. The van der Waals surface area contributed by atoms with Crippen LogP contribution in [-0.2, 0) is 0 Å². The third-order valence-corrected chi connectivity index (χ3v) is 7.27. The highest BCUT2D eigenvalue weighted by atomic mass is 32.2. The van der Waals surface area contributed by atoms with Crippen LogP contribution >= 0.6 is 11.8 Å². The second-order valence-electron chi connectivity index (χ2n) is 7.49. The molecule has 140 valence electrons. The third-order valence-electron chi connectivity index (χ3n) is 5.99. The van der Waals surface area contributed by atoms with Gasteiger partial charge in [-0.25, -0.2) is 0 Å². The summed E-state index contributed by atoms with van der Waals surface area (Å²) in [6.07, 6.45) is -0.0459. The van der Waals surface area contributed by atoms with Crippen molar-refractivity contribution >= 4 is 23.3 Å². The van der Waals surface area contributed by atoms with Crippen LogP contribution in [-0.4, -0.2) is 40.2 Å². The maximum Gasteiger partial charge on any atom is 0.167 e. The van der Waals surface area contributed by atoms with E-state index in [2.05, 4.69) is 0 Å². The van der Waals surface area contributed by atoms with Gasteiger partial charge in [-0.1, -0.05) is 42.5 Å². The molecule has 0 spiro atoms. The number of hydrogen-bond donors (Lipinski definition) is 2. The Morgan fingerprint density at radius 3 is 2.41 bits per heavy atom. The Bertz CT molecular complexity index is 866. The van der Waals surface area contributed by atoms with Crippen molar-refractivity contribution in [2.24, 2.45) is 17.3 Å². The van der Waals surface area contributed by atoms with Crippen molar-refractivity contribution in [1.29, 1.82) is 0 Å². The monoisotopic (exact) mass is 382 g/mol. The molecule has 2 aliphatic carbocycles. The molecule has 4 nitrogen and oxygen atoms in total. The zero-order valence-corrected chi connectivity index (χ0v) is 15.7. The first-order chi connectivity index (χ1) is 13.1. The van der Waals surface area contributed by atoms with Crippen LogP contribution in [0.3, 0.4) is 0 Å². The molecule has 2 aliphatic rings. The number of Topliss-reactive ketones (excluding diaryl/α,β-unsaturated/α-hetero) is 2. The van der Waals surface area contributed by atoms with Gasteiger partial charge in [0, 0.05) is 39.5 Å². The number of ketones is 2. The van der Waals surface area contributed by atoms with E-state index in [9.17, 15) is 19.8 Å².